The van der Waals surface area contributed by atoms with Gasteiger partial charge in [0.1, 0.15) is 0 Å². The molecular formula is C20H25N3O3S. The minimum Gasteiger partial charge on any atom is -0.368 e. The van der Waals surface area contributed by atoms with Crippen molar-refractivity contribution in [2.75, 3.05) is 31.1 Å². The number of piperazine rings is 1. The van der Waals surface area contributed by atoms with E-state index in [1.165, 1.54) is 0 Å². The van der Waals surface area contributed by atoms with Crippen LogP contribution in [-0.2, 0) is 14.8 Å². The summed E-state index contributed by atoms with van der Waals surface area (Å²) in [6, 6.07) is 15.8. The highest BCUT2D eigenvalue weighted by atomic mass is 32.2. The van der Waals surface area contributed by atoms with Gasteiger partial charge in [-0.25, -0.2) is 8.42 Å². The smallest absolute Gasteiger partial charge is 0.241 e. The van der Waals surface area contributed by atoms with Crippen LogP contribution in [0.1, 0.15) is 12.5 Å². The third-order valence-corrected chi connectivity index (χ3v) is 6.30. The minimum absolute atomic E-state index is 0.168. The van der Waals surface area contributed by atoms with E-state index < -0.39 is 16.1 Å². The van der Waals surface area contributed by atoms with Crippen LogP contribution >= 0.6 is 0 Å². The quantitative estimate of drug-likeness (QED) is 0.852. The van der Waals surface area contributed by atoms with E-state index in [0.29, 0.717) is 13.1 Å². The lowest BCUT2D eigenvalue weighted by Gasteiger charge is -2.37. The molecule has 0 spiro atoms. The zero-order chi connectivity index (χ0) is 19.4. The Morgan fingerprint density at radius 3 is 2.15 bits per heavy atom. The Labute approximate surface area is 160 Å². The molecule has 1 saturated heterocycles. The second kappa shape index (κ2) is 8.10. The van der Waals surface area contributed by atoms with E-state index in [9.17, 15) is 13.2 Å². The fourth-order valence-corrected chi connectivity index (χ4v) is 4.36. The SMILES string of the molecule is Cc1ccc(S(=O)(=O)NC(C)C(=O)N2CCN(c3ccccc3)CC2)cc1. The first-order valence-corrected chi connectivity index (χ1v) is 10.5. The van der Waals surface area contributed by atoms with Crippen LogP contribution in [0.2, 0.25) is 0 Å². The number of nitrogens with one attached hydrogen (secondary N) is 1. The second-order valence-electron chi connectivity index (χ2n) is 6.80. The number of carbonyl (C=O) groups is 1. The van der Waals surface area contributed by atoms with Crippen molar-refractivity contribution < 1.29 is 13.2 Å². The molecule has 1 aliphatic rings. The molecule has 0 radical (unpaired) electrons. The number of sulfonamides is 1. The predicted octanol–water partition coefficient (Wildman–Crippen LogP) is 2.01. The Balaban J connectivity index is 1.59. The summed E-state index contributed by atoms with van der Waals surface area (Å²) in [4.78, 5) is 16.8. The highest BCUT2D eigenvalue weighted by Crippen LogP contribution is 2.16. The van der Waals surface area contributed by atoms with Gasteiger partial charge in [-0.1, -0.05) is 35.9 Å². The molecule has 1 aliphatic heterocycles. The summed E-state index contributed by atoms with van der Waals surface area (Å²) in [5.74, 6) is -0.196. The van der Waals surface area contributed by atoms with Crippen molar-refractivity contribution in [2.45, 2.75) is 24.8 Å². The number of hydrogen-bond donors (Lipinski definition) is 1. The molecule has 1 heterocycles. The molecule has 0 bridgehead atoms. The van der Waals surface area contributed by atoms with Gasteiger partial charge in [0, 0.05) is 31.9 Å². The highest BCUT2D eigenvalue weighted by Gasteiger charge is 2.28. The first-order chi connectivity index (χ1) is 12.9. The molecule has 1 atom stereocenters. The van der Waals surface area contributed by atoms with Gasteiger partial charge < -0.3 is 9.80 Å². The molecule has 1 unspecified atom stereocenters. The van der Waals surface area contributed by atoms with E-state index in [-0.39, 0.29) is 10.8 Å². The first kappa shape index (κ1) is 19.4. The Kier molecular flexibility index (Phi) is 5.82. The maximum atomic E-state index is 12.7. The molecule has 7 heteroatoms. The number of hydrogen-bond acceptors (Lipinski definition) is 4. The number of amides is 1. The molecule has 0 saturated carbocycles. The Hall–Kier alpha value is -2.38. The third kappa shape index (κ3) is 4.67. The van der Waals surface area contributed by atoms with Gasteiger partial charge in [-0.2, -0.15) is 4.72 Å². The highest BCUT2D eigenvalue weighted by molar-refractivity contribution is 7.89. The van der Waals surface area contributed by atoms with Crippen LogP contribution < -0.4 is 9.62 Å². The normalized spacial score (nSPS) is 16.2. The molecular weight excluding hydrogens is 362 g/mol. The summed E-state index contributed by atoms with van der Waals surface area (Å²) in [7, 11) is -3.72. The fraction of sp³-hybridized carbons (Fsp3) is 0.350. The summed E-state index contributed by atoms with van der Waals surface area (Å²) in [5, 5.41) is 0. The van der Waals surface area contributed by atoms with E-state index in [4.69, 9.17) is 0 Å². The molecule has 2 aromatic rings. The third-order valence-electron chi connectivity index (χ3n) is 4.75. The summed E-state index contributed by atoms with van der Waals surface area (Å²) in [6.45, 7) is 6.09. The van der Waals surface area contributed by atoms with Crippen LogP contribution in [0.15, 0.2) is 59.5 Å². The average molecular weight is 388 g/mol. The molecule has 144 valence electrons. The van der Waals surface area contributed by atoms with E-state index in [2.05, 4.69) is 21.8 Å². The van der Waals surface area contributed by atoms with Crippen molar-refractivity contribution in [3.05, 3.63) is 60.2 Å². The van der Waals surface area contributed by atoms with Crippen molar-refractivity contribution in [1.82, 2.24) is 9.62 Å². The molecule has 27 heavy (non-hydrogen) atoms. The Morgan fingerprint density at radius 1 is 0.963 bits per heavy atom. The van der Waals surface area contributed by atoms with Gasteiger partial charge in [0.2, 0.25) is 15.9 Å². The van der Waals surface area contributed by atoms with Gasteiger partial charge in [-0.05, 0) is 38.1 Å². The largest absolute Gasteiger partial charge is 0.368 e. The van der Waals surface area contributed by atoms with Crippen LogP contribution in [0.5, 0.6) is 0 Å². The van der Waals surface area contributed by atoms with Gasteiger partial charge >= 0.3 is 0 Å². The number of carbonyl (C=O) groups excluding carboxylic acids is 1. The zero-order valence-electron chi connectivity index (χ0n) is 15.6. The number of nitrogens with zero attached hydrogens (tertiary/aromatic N) is 2. The zero-order valence-corrected chi connectivity index (χ0v) is 16.4. The second-order valence-corrected chi connectivity index (χ2v) is 8.52. The fourth-order valence-electron chi connectivity index (χ4n) is 3.17. The molecule has 1 amide bonds. The van der Waals surface area contributed by atoms with Crippen molar-refractivity contribution >= 4 is 21.6 Å². The van der Waals surface area contributed by atoms with Crippen molar-refractivity contribution in [3.63, 3.8) is 0 Å². The summed E-state index contributed by atoms with van der Waals surface area (Å²) < 4.78 is 27.5. The summed E-state index contributed by atoms with van der Waals surface area (Å²) in [5.41, 5.74) is 2.12. The molecule has 2 aromatic carbocycles. The van der Waals surface area contributed by atoms with Crippen molar-refractivity contribution in [1.29, 1.82) is 0 Å². The first-order valence-electron chi connectivity index (χ1n) is 9.04. The van der Waals surface area contributed by atoms with Gasteiger partial charge in [-0.3, -0.25) is 4.79 Å². The van der Waals surface area contributed by atoms with Crippen LogP contribution in [-0.4, -0.2) is 51.4 Å². The van der Waals surface area contributed by atoms with Gasteiger partial charge in [0.15, 0.2) is 0 Å². The van der Waals surface area contributed by atoms with Gasteiger partial charge in [0.05, 0.1) is 10.9 Å². The standard InChI is InChI=1S/C20H25N3O3S/c1-16-8-10-19(11-9-16)27(25,26)21-17(2)20(24)23-14-12-22(13-15-23)18-6-4-3-5-7-18/h3-11,17,21H,12-15H2,1-2H3. The van der Waals surface area contributed by atoms with E-state index in [1.807, 2.05) is 25.1 Å². The van der Waals surface area contributed by atoms with E-state index >= 15 is 0 Å². The number of rotatable bonds is 5. The van der Waals surface area contributed by atoms with Crippen molar-refractivity contribution in [3.8, 4) is 0 Å². The summed E-state index contributed by atoms with van der Waals surface area (Å²) in [6.07, 6.45) is 0. The number of aryl methyl sites for hydroxylation is 1. The van der Waals surface area contributed by atoms with Gasteiger partial charge in [-0.15, -0.1) is 0 Å². The van der Waals surface area contributed by atoms with Crippen LogP contribution in [0.4, 0.5) is 5.69 Å². The molecule has 3 rings (SSSR count). The monoisotopic (exact) mass is 387 g/mol. The van der Waals surface area contributed by atoms with Gasteiger partial charge in [0.25, 0.3) is 0 Å². The lowest BCUT2D eigenvalue weighted by Crippen LogP contribution is -2.54. The number of para-hydroxylation sites is 1. The van der Waals surface area contributed by atoms with E-state index in [0.717, 1.165) is 24.3 Å². The number of benzene rings is 2. The molecule has 6 nitrogen and oxygen atoms in total. The summed E-state index contributed by atoms with van der Waals surface area (Å²) >= 11 is 0. The topological polar surface area (TPSA) is 69.7 Å². The molecule has 1 fully saturated rings. The molecule has 0 aromatic heterocycles. The maximum absolute atomic E-state index is 12.7. The minimum atomic E-state index is -3.72. The average Bonchev–Trinajstić information content (AvgIpc) is 2.68. The Morgan fingerprint density at radius 2 is 1.56 bits per heavy atom. The molecule has 0 aliphatic carbocycles. The number of anilines is 1. The predicted molar refractivity (Wildman–Crippen MR) is 106 cm³/mol. The van der Waals surface area contributed by atoms with Crippen LogP contribution in [0.25, 0.3) is 0 Å². The maximum Gasteiger partial charge on any atom is 0.241 e. The lowest BCUT2D eigenvalue weighted by molar-refractivity contribution is -0.132. The lowest BCUT2D eigenvalue weighted by atomic mass is 10.2. The van der Waals surface area contributed by atoms with Crippen LogP contribution in [0, 0.1) is 6.92 Å². The molecule has 1 N–H and O–H groups in total. The van der Waals surface area contributed by atoms with Crippen LogP contribution in [0.3, 0.4) is 0 Å². The van der Waals surface area contributed by atoms with Crippen molar-refractivity contribution in [2.24, 2.45) is 0 Å². The van der Waals surface area contributed by atoms with E-state index in [1.54, 1.807) is 36.1 Å². The Bertz CT molecular complexity index is 874.